The number of halogens is 2. The number of carbonyl (C=O) groups is 3. The predicted octanol–water partition coefficient (Wildman–Crippen LogP) is 5.26. The first-order valence-electron chi connectivity index (χ1n) is 15.8. The summed E-state index contributed by atoms with van der Waals surface area (Å²) in [5.74, 6) is 0. The number of rotatable bonds is 10. The molecule has 10 nitrogen and oxygen atoms in total. The molecule has 12 heteroatoms. The molecule has 244 valence electrons. The number of fused-ring (bicyclic) bond motifs is 1. The lowest BCUT2D eigenvalue weighted by molar-refractivity contribution is -0.129. The Morgan fingerprint density at radius 2 is 1.84 bits per heavy atom. The molecule has 0 spiro atoms. The molecule has 2 aromatic rings. The van der Waals surface area contributed by atoms with Gasteiger partial charge in [0.05, 0.1) is 0 Å². The molecule has 0 unspecified atom stereocenters. The molecule has 2 saturated heterocycles. The zero-order valence-electron chi connectivity index (χ0n) is 26.2. The Bertz CT molecular complexity index is 1350. The van der Waals surface area contributed by atoms with Gasteiger partial charge in [0, 0.05) is 72.8 Å². The maximum absolute atomic E-state index is 13.9. The van der Waals surface area contributed by atoms with Crippen molar-refractivity contribution in [2.45, 2.75) is 50.4 Å². The number of piperidine rings is 1. The van der Waals surface area contributed by atoms with E-state index in [1.165, 1.54) is 0 Å². The van der Waals surface area contributed by atoms with E-state index in [0.29, 0.717) is 25.9 Å². The van der Waals surface area contributed by atoms with Crippen LogP contribution in [0.25, 0.3) is 0 Å². The second kappa shape index (κ2) is 15.4. The van der Waals surface area contributed by atoms with Crippen molar-refractivity contribution in [2.75, 3.05) is 71.8 Å². The molecule has 0 saturated carbocycles. The number of ether oxygens (including phenoxy) is 1. The van der Waals surface area contributed by atoms with Crippen LogP contribution in [-0.4, -0.2) is 121 Å². The van der Waals surface area contributed by atoms with Crippen LogP contribution in [-0.2, 0) is 22.6 Å². The van der Waals surface area contributed by atoms with Crippen molar-refractivity contribution >= 4 is 56.0 Å². The Kier molecular flexibility index (Phi) is 11.6. The third-order valence-corrected chi connectivity index (χ3v) is 11.2. The standard InChI is InChI=1S/C33H44Br2N6O4/c1-37(2)13-5-14-38-17-19-39(20-18-38)33(12-21-42)23-27(40-15-10-26-6-3-4-7-30(26)36-31(40)43)11-16-41(33)32(44)45-24-25-8-9-28(34)29(35)22-25/h3-4,6-9,21-22,27H,5,10-20,23-24H2,1-2H3,(H,36,43)/t27-,33+/m1/s1. The van der Waals surface area contributed by atoms with Gasteiger partial charge in [0.1, 0.15) is 18.6 Å². The number of nitrogens with one attached hydrogen (secondary N) is 1. The van der Waals surface area contributed by atoms with Gasteiger partial charge in [-0.15, -0.1) is 0 Å². The highest BCUT2D eigenvalue weighted by molar-refractivity contribution is 9.13. The maximum Gasteiger partial charge on any atom is 0.411 e. The number of benzene rings is 2. The van der Waals surface area contributed by atoms with Gasteiger partial charge in [-0.1, -0.05) is 24.3 Å². The lowest BCUT2D eigenvalue weighted by Crippen LogP contribution is -2.70. The molecular weight excluding hydrogens is 704 g/mol. The molecule has 5 rings (SSSR count). The summed E-state index contributed by atoms with van der Waals surface area (Å²) in [6, 6.07) is 13.4. The van der Waals surface area contributed by atoms with Crippen molar-refractivity contribution in [1.29, 1.82) is 0 Å². The van der Waals surface area contributed by atoms with Crippen LogP contribution in [0.2, 0.25) is 0 Å². The third-order valence-electron chi connectivity index (χ3n) is 9.35. The van der Waals surface area contributed by atoms with Crippen LogP contribution in [0.5, 0.6) is 0 Å². The molecule has 3 aliphatic heterocycles. The summed E-state index contributed by atoms with van der Waals surface area (Å²) in [6.07, 6.45) is 3.56. The number of urea groups is 1. The number of hydrogen-bond acceptors (Lipinski definition) is 7. The van der Waals surface area contributed by atoms with Gasteiger partial charge in [-0.25, -0.2) is 9.59 Å². The summed E-state index contributed by atoms with van der Waals surface area (Å²) in [4.78, 5) is 50.5. The highest BCUT2D eigenvalue weighted by Crippen LogP contribution is 2.39. The lowest BCUT2D eigenvalue weighted by Gasteiger charge is -2.56. The fourth-order valence-corrected chi connectivity index (χ4v) is 7.62. The highest BCUT2D eigenvalue weighted by atomic mass is 79.9. The van der Waals surface area contributed by atoms with Gasteiger partial charge in [-0.2, -0.15) is 0 Å². The van der Waals surface area contributed by atoms with Gasteiger partial charge in [0.2, 0.25) is 0 Å². The Morgan fingerprint density at radius 3 is 2.58 bits per heavy atom. The van der Waals surface area contributed by atoms with Crippen molar-refractivity contribution in [3.8, 4) is 0 Å². The zero-order valence-corrected chi connectivity index (χ0v) is 29.4. The van der Waals surface area contributed by atoms with Crippen LogP contribution in [0.3, 0.4) is 0 Å². The predicted molar refractivity (Wildman–Crippen MR) is 182 cm³/mol. The normalized spacial score (nSPS) is 23.0. The zero-order chi connectivity index (χ0) is 32.0. The molecular formula is C33H44Br2N6O4. The number of hydrogen-bond donors (Lipinski definition) is 1. The smallest absolute Gasteiger partial charge is 0.411 e. The number of piperazine rings is 1. The molecule has 0 radical (unpaired) electrons. The second-order valence-corrected chi connectivity index (χ2v) is 14.2. The second-order valence-electron chi connectivity index (χ2n) is 12.5. The van der Waals surface area contributed by atoms with Crippen LogP contribution in [0.15, 0.2) is 51.4 Å². The van der Waals surface area contributed by atoms with Crippen LogP contribution in [0, 0.1) is 0 Å². The van der Waals surface area contributed by atoms with Gasteiger partial charge in [0.25, 0.3) is 0 Å². The number of anilines is 1. The van der Waals surface area contributed by atoms with E-state index in [2.05, 4.69) is 72.0 Å². The van der Waals surface area contributed by atoms with Gasteiger partial charge in [-0.3, -0.25) is 9.80 Å². The lowest BCUT2D eigenvalue weighted by atomic mass is 9.86. The van der Waals surface area contributed by atoms with E-state index in [9.17, 15) is 14.4 Å². The molecule has 0 aliphatic carbocycles. The Hall–Kier alpha value is -2.51. The third kappa shape index (κ3) is 8.08. The Labute approximate surface area is 283 Å². The molecule has 2 atom stereocenters. The quantitative estimate of drug-likeness (QED) is 0.332. The van der Waals surface area contributed by atoms with E-state index in [0.717, 1.165) is 84.2 Å². The molecule has 2 aromatic carbocycles. The fraction of sp³-hybridized carbons (Fsp3) is 0.545. The van der Waals surface area contributed by atoms with E-state index >= 15 is 0 Å². The van der Waals surface area contributed by atoms with Crippen molar-refractivity contribution in [2.24, 2.45) is 0 Å². The number of para-hydroxylation sites is 1. The summed E-state index contributed by atoms with van der Waals surface area (Å²) < 4.78 is 7.72. The molecule has 45 heavy (non-hydrogen) atoms. The largest absolute Gasteiger partial charge is 0.445 e. The van der Waals surface area contributed by atoms with E-state index in [-0.39, 0.29) is 25.1 Å². The summed E-state index contributed by atoms with van der Waals surface area (Å²) >= 11 is 7.01. The molecule has 3 heterocycles. The SMILES string of the molecule is CN(C)CCCN1CCN([C@]2(CC=O)C[C@H](N3CCc4ccccc4NC3=O)CCN2C(=O)OCc2ccc(Br)c(Br)c2)CC1. The molecule has 3 amide bonds. The molecule has 0 aromatic heterocycles. The van der Waals surface area contributed by atoms with Gasteiger partial charge < -0.3 is 29.5 Å². The van der Waals surface area contributed by atoms with Crippen LogP contribution >= 0.6 is 31.9 Å². The molecule has 3 aliphatic rings. The monoisotopic (exact) mass is 746 g/mol. The van der Waals surface area contributed by atoms with Crippen molar-refractivity contribution in [1.82, 2.24) is 24.5 Å². The first-order chi connectivity index (χ1) is 21.7. The first-order valence-corrected chi connectivity index (χ1v) is 17.4. The minimum absolute atomic E-state index is 0.119. The highest BCUT2D eigenvalue weighted by Gasteiger charge is 2.51. The van der Waals surface area contributed by atoms with Gasteiger partial charge in [0.15, 0.2) is 0 Å². The molecule has 1 N–H and O–H groups in total. The van der Waals surface area contributed by atoms with Crippen molar-refractivity contribution in [3.05, 3.63) is 62.5 Å². The Balaban J connectivity index is 1.36. The van der Waals surface area contributed by atoms with Crippen molar-refractivity contribution in [3.63, 3.8) is 0 Å². The number of carbonyl (C=O) groups excluding carboxylic acids is 3. The number of likely N-dealkylation sites (tertiary alicyclic amines) is 1. The molecule has 2 fully saturated rings. The summed E-state index contributed by atoms with van der Waals surface area (Å²) in [5.41, 5.74) is 1.92. The van der Waals surface area contributed by atoms with E-state index in [4.69, 9.17) is 4.74 Å². The van der Waals surface area contributed by atoms with Crippen LogP contribution < -0.4 is 5.32 Å². The van der Waals surface area contributed by atoms with E-state index in [1.807, 2.05) is 41.3 Å². The number of aldehydes is 1. The van der Waals surface area contributed by atoms with Crippen LogP contribution in [0.4, 0.5) is 15.3 Å². The maximum atomic E-state index is 13.9. The average molecular weight is 749 g/mol. The summed E-state index contributed by atoms with van der Waals surface area (Å²) in [5, 5.41) is 3.10. The molecule has 0 bridgehead atoms. The first kappa shape index (κ1) is 33.8. The minimum Gasteiger partial charge on any atom is -0.445 e. The van der Waals surface area contributed by atoms with Crippen LogP contribution in [0.1, 0.15) is 36.8 Å². The summed E-state index contributed by atoms with van der Waals surface area (Å²) in [6.45, 7) is 6.30. The van der Waals surface area contributed by atoms with E-state index in [1.54, 1.807) is 4.90 Å². The average Bonchev–Trinajstić information content (AvgIpc) is 3.19. The Morgan fingerprint density at radius 1 is 1.07 bits per heavy atom. The topological polar surface area (TPSA) is 88.7 Å². The van der Waals surface area contributed by atoms with Crippen molar-refractivity contribution < 1.29 is 19.1 Å². The van der Waals surface area contributed by atoms with Gasteiger partial charge in [-0.05, 0) is 108 Å². The number of amides is 3. The van der Waals surface area contributed by atoms with Gasteiger partial charge >= 0.3 is 12.1 Å². The van der Waals surface area contributed by atoms with E-state index < -0.39 is 11.8 Å². The summed E-state index contributed by atoms with van der Waals surface area (Å²) in [7, 11) is 4.18. The fourth-order valence-electron chi connectivity index (χ4n) is 6.95. The minimum atomic E-state index is -0.892. The number of nitrogens with zero attached hydrogens (tertiary/aromatic N) is 5.